The van der Waals surface area contributed by atoms with E-state index in [9.17, 15) is 20.1 Å². The monoisotopic (exact) mass is 728 g/mol. The molecule has 290 valence electrons. The summed E-state index contributed by atoms with van der Waals surface area (Å²) in [5, 5.41) is 34.1. The summed E-state index contributed by atoms with van der Waals surface area (Å²) < 4.78 is 44.4. The molecule has 0 aromatic carbocycles. The van der Waals surface area contributed by atoms with Crippen LogP contribution in [0.1, 0.15) is 80.6 Å². The van der Waals surface area contributed by atoms with Crippen molar-refractivity contribution in [1.82, 2.24) is 0 Å². The Morgan fingerprint density at radius 1 is 1.04 bits per heavy atom. The van der Waals surface area contributed by atoms with Gasteiger partial charge in [-0.1, -0.05) is 70.6 Å². The van der Waals surface area contributed by atoms with Crippen molar-refractivity contribution in [3.05, 3.63) is 59.3 Å². The van der Waals surface area contributed by atoms with Crippen molar-refractivity contribution in [1.29, 1.82) is 0 Å². The molecule has 0 aromatic rings. The predicted octanol–water partition coefficient (Wildman–Crippen LogP) is 4.84. The van der Waals surface area contributed by atoms with Gasteiger partial charge in [-0.05, 0) is 55.9 Å². The number of methoxy groups -OCH3 is 1. The van der Waals surface area contributed by atoms with Crippen LogP contribution < -0.4 is 0 Å². The van der Waals surface area contributed by atoms with E-state index >= 15 is 0 Å². The van der Waals surface area contributed by atoms with E-state index in [1.807, 2.05) is 39.0 Å². The Kier molecular flexibility index (Phi) is 12.1. The molecule has 0 unspecified atom stereocenters. The summed E-state index contributed by atoms with van der Waals surface area (Å²) in [6.45, 7) is 14.2. The van der Waals surface area contributed by atoms with Gasteiger partial charge in [-0.15, -0.1) is 0 Å². The summed E-state index contributed by atoms with van der Waals surface area (Å²) in [6, 6.07) is 0. The molecular weight excluding hydrogens is 668 g/mol. The minimum Gasteiger partial charge on any atom is -0.462 e. The molecule has 1 spiro atoms. The van der Waals surface area contributed by atoms with Gasteiger partial charge in [0.2, 0.25) is 0 Å². The van der Waals surface area contributed by atoms with Gasteiger partial charge in [0.25, 0.3) is 0 Å². The number of allylic oxidation sites excluding steroid dienone is 2. The van der Waals surface area contributed by atoms with E-state index in [2.05, 4.69) is 32.9 Å². The van der Waals surface area contributed by atoms with Crippen LogP contribution in [0.3, 0.4) is 0 Å². The summed E-state index contributed by atoms with van der Waals surface area (Å²) in [4.78, 5) is 14.2. The Morgan fingerprint density at radius 2 is 1.81 bits per heavy atom. The van der Waals surface area contributed by atoms with E-state index in [4.69, 9.17) is 33.2 Å². The predicted molar refractivity (Wildman–Crippen MR) is 193 cm³/mol. The van der Waals surface area contributed by atoms with Crippen LogP contribution in [-0.4, -0.2) is 108 Å². The number of carbonyl (C=O) groups excluding carboxylic acids is 1. The van der Waals surface area contributed by atoms with E-state index in [1.54, 1.807) is 26.2 Å². The van der Waals surface area contributed by atoms with Gasteiger partial charge in [-0.25, -0.2) is 0 Å². The zero-order chi connectivity index (χ0) is 37.5. The van der Waals surface area contributed by atoms with Crippen LogP contribution in [0.4, 0.5) is 0 Å². The highest BCUT2D eigenvalue weighted by molar-refractivity contribution is 5.78. The van der Waals surface area contributed by atoms with Crippen LogP contribution in [0.5, 0.6) is 0 Å². The molecule has 0 amide bonds. The van der Waals surface area contributed by atoms with E-state index in [1.165, 1.54) is 0 Å². The second kappa shape index (κ2) is 15.9. The number of rotatable bonds is 5. The molecule has 3 N–H and O–H groups in total. The molecule has 5 heterocycles. The molecule has 6 aliphatic rings. The largest absolute Gasteiger partial charge is 0.462 e. The van der Waals surface area contributed by atoms with Crippen LogP contribution in [0.25, 0.3) is 0 Å². The lowest BCUT2D eigenvalue weighted by molar-refractivity contribution is -0.300. The zero-order valence-electron chi connectivity index (χ0n) is 32.0. The number of hydrogen-bond donors (Lipinski definition) is 3. The second-order valence-corrected chi connectivity index (χ2v) is 16.1. The minimum absolute atomic E-state index is 0.0471. The summed E-state index contributed by atoms with van der Waals surface area (Å²) >= 11 is 0. The number of aliphatic hydroxyl groups excluding tert-OH is 2. The topological polar surface area (TPSA) is 142 Å². The van der Waals surface area contributed by atoms with E-state index in [0.717, 1.165) is 12.0 Å². The van der Waals surface area contributed by atoms with Gasteiger partial charge in [-0.3, -0.25) is 4.79 Å². The van der Waals surface area contributed by atoms with E-state index in [-0.39, 0.29) is 36.6 Å². The SMILES string of the molecule is CC[C@H](C)[C@H]1O[C@]2(C=C[C@@H]1C)C[C@@H]1C[C@@H](C/C=C(/C)[C@@H](O[C@H]3C[C@H](OC)[C@@H](O)[C@H](C)O3)[C@@H](C)/C=C\C=C3\CO[C@@H]4[C@H](O)C(C)=C[C@@H](C(=O)O1)[C@]34O)O2. The fraction of sp³-hybridized carbons (Fsp3) is 0.732. The number of hydrogen-bond acceptors (Lipinski definition) is 11. The van der Waals surface area contributed by atoms with Crippen molar-refractivity contribution in [2.45, 2.75) is 153 Å². The molecule has 11 nitrogen and oxygen atoms in total. The number of fused-ring (bicyclic) bond motifs is 2. The van der Waals surface area contributed by atoms with E-state index in [0.29, 0.717) is 36.8 Å². The molecule has 3 saturated heterocycles. The third-order valence-corrected chi connectivity index (χ3v) is 12.3. The molecule has 0 saturated carbocycles. The smallest absolute Gasteiger partial charge is 0.316 e. The highest BCUT2D eigenvalue weighted by Gasteiger charge is 2.60. The Morgan fingerprint density at radius 3 is 2.54 bits per heavy atom. The molecule has 16 atom stereocenters. The van der Waals surface area contributed by atoms with Crippen LogP contribution in [-0.2, 0) is 38.0 Å². The zero-order valence-corrected chi connectivity index (χ0v) is 32.0. The third-order valence-electron chi connectivity index (χ3n) is 12.3. The number of ether oxygens (including phenoxy) is 7. The second-order valence-electron chi connectivity index (χ2n) is 16.1. The van der Waals surface area contributed by atoms with Crippen molar-refractivity contribution in [2.24, 2.45) is 23.7 Å². The first-order valence-electron chi connectivity index (χ1n) is 19.2. The maximum Gasteiger partial charge on any atom is 0.316 e. The molecular formula is C41H60O11. The van der Waals surface area contributed by atoms with Gasteiger partial charge in [0.15, 0.2) is 12.1 Å². The van der Waals surface area contributed by atoms with Crippen molar-refractivity contribution >= 4 is 5.97 Å². The lowest BCUT2D eigenvalue weighted by atomic mass is 9.71. The third kappa shape index (κ3) is 7.68. The molecule has 3 fully saturated rings. The van der Waals surface area contributed by atoms with Crippen molar-refractivity contribution in [3.63, 3.8) is 0 Å². The molecule has 1 aliphatic carbocycles. The molecule has 52 heavy (non-hydrogen) atoms. The summed E-state index contributed by atoms with van der Waals surface area (Å²) in [5.74, 6) is -2.44. The average molecular weight is 729 g/mol. The highest BCUT2D eigenvalue weighted by Crippen LogP contribution is 2.47. The van der Waals surface area contributed by atoms with Gasteiger partial charge in [-0.2, -0.15) is 0 Å². The number of aliphatic hydroxyl groups is 3. The lowest BCUT2D eigenvalue weighted by Gasteiger charge is -2.48. The summed E-state index contributed by atoms with van der Waals surface area (Å²) in [7, 11) is 1.58. The quantitative estimate of drug-likeness (QED) is 0.265. The average Bonchev–Trinajstić information content (AvgIpc) is 3.45. The summed E-state index contributed by atoms with van der Waals surface area (Å²) in [5.41, 5.74) is 0.184. The van der Waals surface area contributed by atoms with Gasteiger partial charge in [0.05, 0.1) is 37.1 Å². The van der Waals surface area contributed by atoms with Crippen molar-refractivity contribution < 1.29 is 53.3 Å². The van der Waals surface area contributed by atoms with Gasteiger partial charge < -0.3 is 48.5 Å². The van der Waals surface area contributed by atoms with Crippen molar-refractivity contribution in [3.8, 4) is 0 Å². The first kappa shape index (κ1) is 39.5. The number of carbonyl (C=O) groups is 1. The van der Waals surface area contributed by atoms with Crippen LogP contribution >= 0.6 is 0 Å². The maximum absolute atomic E-state index is 14.2. The van der Waals surface area contributed by atoms with E-state index < -0.39 is 72.3 Å². The molecule has 0 aromatic heterocycles. The number of esters is 1. The van der Waals surface area contributed by atoms with Crippen molar-refractivity contribution in [2.75, 3.05) is 13.7 Å². The summed E-state index contributed by atoms with van der Waals surface area (Å²) in [6.07, 6.45) is 10.2. The highest BCUT2D eigenvalue weighted by atomic mass is 16.7. The lowest BCUT2D eigenvalue weighted by Crippen LogP contribution is -2.58. The fourth-order valence-corrected chi connectivity index (χ4v) is 8.87. The van der Waals surface area contributed by atoms with Crippen LogP contribution in [0.15, 0.2) is 59.3 Å². The molecule has 2 bridgehead atoms. The standard InChI is InChI=1S/C41H60O11/c1-9-22(2)37-25(5)15-16-40(52-37)20-30-18-29(51-40)14-13-24(4)36(50-33-19-32(46-8)35(43)27(7)48-33)23(3)11-10-12-28-21-47-38-34(42)26(6)17-31(39(44)49-30)41(28,38)45/h10-13,15-17,22-23,25,27,29-38,42-43,45H,9,14,18-21H2,1-8H3/b11-10-,24-13-,28-12-/t22-,23-,25-,27-,29+,30-,31-,32-,33-,34+,35-,36-,37+,38+,40+,41+/m0/s1. The molecule has 0 radical (unpaired) electrons. The normalized spacial score (nSPS) is 48.8. The van der Waals surface area contributed by atoms with Gasteiger partial charge >= 0.3 is 5.97 Å². The fourth-order valence-electron chi connectivity index (χ4n) is 8.87. The Bertz CT molecular complexity index is 1450. The molecule has 11 heteroatoms. The Hall–Kier alpha value is -2.19. The van der Waals surface area contributed by atoms with Gasteiger partial charge in [0.1, 0.15) is 35.9 Å². The first-order valence-corrected chi connectivity index (χ1v) is 19.2. The Balaban J connectivity index is 1.38. The van der Waals surface area contributed by atoms with Crippen LogP contribution in [0.2, 0.25) is 0 Å². The molecule has 6 rings (SSSR count). The minimum atomic E-state index is -1.81. The van der Waals surface area contributed by atoms with Gasteiger partial charge in [0, 0.05) is 38.2 Å². The Labute approximate surface area is 308 Å². The first-order chi connectivity index (χ1) is 24.7. The maximum atomic E-state index is 14.2. The molecule has 5 aliphatic heterocycles. The van der Waals surface area contributed by atoms with Crippen LogP contribution in [0, 0.1) is 23.7 Å².